The van der Waals surface area contributed by atoms with Crippen molar-refractivity contribution in [2.24, 2.45) is 0 Å². The fourth-order valence-electron chi connectivity index (χ4n) is 0.387. The molecule has 0 aliphatic carbocycles. The van der Waals surface area contributed by atoms with Gasteiger partial charge in [0.25, 0.3) is 0 Å². The second-order valence-corrected chi connectivity index (χ2v) is 2.01. The Morgan fingerprint density at radius 2 is 2.00 bits per heavy atom. The second-order valence-electron chi connectivity index (χ2n) is 2.01. The maximum atomic E-state index is 10.5. The van der Waals surface area contributed by atoms with E-state index >= 15 is 0 Å². The maximum absolute atomic E-state index is 10.5. The van der Waals surface area contributed by atoms with Crippen molar-refractivity contribution < 1.29 is 9.90 Å². The topological polar surface area (TPSA) is 49.3 Å². The summed E-state index contributed by atoms with van der Waals surface area (Å²) in [5.41, 5.74) is 0. The van der Waals surface area contributed by atoms with Crippen molar-refractivity contribution in [2.75, 3.05) is 6.54 Å². The zero-order valence-electron chi connectivity index (χ0n) is 7.85. The molecule has 0 aromatic carbocycles. The molecule has 0 saturated heterocycles. The minimum absolute atomic E-state index is 0.0177. The Kier molecular flexibility index (Phi) is 11.2. The smallest absolute Gasteiger partial charge is 0.219 e. The van der Waals surface area contributed by atoms with Gasteiger partial charge >= 0.3 is 0 Å². The highest BCUT2D eigenvalue weighted by molar-refractivity contribution is 5.75. The van der Waals surface area contributed by atoms with Crippen molar-refractivity contribution in [3.05, 3.63) is 0 Å². The van der Waals surface area contributed by atoms with E-state index in [1.54, 1.807) is 13.8 Å². The van der Waals surface area contributed by atoms with Gasteiger partial charge in [0.15, 0.2) is 0 Å². The van der Waals surface area contributed by atoms with Gasteiger partial charge < -0.3 is 10.4 Å². The Labute approximate surface area is 68.8 Å². The van der Waals surface area contributed by atoms with Crippen LogP contribution in [0.15, 0.2) is 0 Å². The molecule has 3 heteroatoms. The molecular formula is C8H19NO2. The van der Waals surface area contributed by atoms with Gasteiger partial charge in [0, 0.05) is 13.0 Å². The van der Waals surface area contributed by atoms with E-state index in [2.05, 4.69) is 5.32 Å². The van der Waals surface area contributed by atoms with Crippen molar-refractivity contribution in [2.45, 2.75) is 40.2 Å². The van der Waals surface area contributed by atoms with Gasteiger partial charge in [0.05, 0.1) is 6.10 Å². The highest BCUT2D eigenvalue weighted by atomic mass is 16.3. The lowest BCUT2D eigenvalue weighted by molar-refractivity contribution is -0.121. The molecule has 0 bridgehead atoms. The molecule has 3 nitrogen and oxygen atoms in total. The summed E-state index contributed by atoms with van der Waals surface area (Å²) in [5, 5.41) is 11.2. The lowest BCUT2D eigenvalue weighted by Crippen LogP contribution is -2.29. The third kappa shape index (κ3) is 12.6. The molecule has 1 unspecified atom stereocenters. The highest BCUT2D eigenvalue weighted by Crippen LogP contribution is 1.77. The summed E-state index contributed by atoms with van der Waals surface area (Å²) < 4.78 is 0. The Morgan fingerprint density at radius 1 is 1.55 bits per heavy atom. The van der Waals surface area contributed by atoms with E-state index in [0.29, 0.717) is 13.0 Å². The van der Waals surface area contributed by atoms with Gasteiger partial charge in [-0.15, -0.1) is 0 Å². The van der Waals surface area contributed by atoms with Gasteiger partial charge in [0.2, 0.25) is 5.91 Å². The molecule has 0 aliphatic rings. The predicted molar refractivity (Wildman–Crippen MR) is 46.3 cm³/mol. The summed E-state index contributed by atoms with van der Waals surface area (Å²) >= 11 is 0. The van der Waals surface area contributed by atoms with E-state index < -0.39 is 6.10 Å². The van der Waals surface area contributed by atoms with Crippen LogP contribution in [0.2, 0.25) is 0 Å². The van der Waals surface area contributed by atoms with E-state index in [4.69, 9.17) is 5.11 Å². The predicted octanol–water partition coefficient (Wildman–Crippen LogP) is 0.920. The van der Waals surface area contributed by atoms with Crippen LogP contribution in [0.3, 0.4) is 0 Å². The van der Waals surface area contributed by atoms with Crippen LogP contribution in [0, 0.1) is 0 Å². The van der Waals surface area contributed by atoms with Gasteiger partial charge in [-0.1, -0.05) is 20.8 Å². The Hall–Kier alpha value is -0.570. The molecule has 0 radical (unpaired) electrons. The molecule has 0 aromatic heterocycles. The quantitative estimate of drug-likeness (QED) is 0.646. The number of aliphatic hydroxyl groups is 1. The third-order valence-corrected chi connectivity index (χ3v) is 0.916. The minimum Gasteiger partial charge on any atom is -0.392 e. The van der Waals surface area contributed by atoms with Crippen LogP contribution in [-0.4, -0.2) is 23.7 Å². The van der Waals surface area contributed by atoms with Gasteiger partial charge in [0.1, 0.15) is 0 Å². The number of hydrogen-bond donors (Lipinski definition) is 2. The molecule has 11 heavy (non-hydrogen) atoms. The fourth-order valence-corrected chi connectivity index (χ4v) is 0.387. The monoisotopic (exact) mass is 161 g/mol. The lowest BCUT2D eigenvalue weighted by atomic mass is 10.4. The number of hydrogen-bond acceptors (Lipinski definition) is 2. The number of carbonyl (C=O) groups is 1. The number of amides is 1. The van der Waals surface area contributed by atoms with Crippen LogP contribution in [0.25, 0.3) is 0 Å². The maximum Gasteiger partial charge on any atom is 0.219 e. The Balaban J connectivity index is 0. The molecule has 0 aliphatic heterocycles. The first kappa shape index (κ1) is 13.1. The second kappa shape index (κ2) is 9.43. The standard InChI is InChI=1S/C6H13NO2.C2H6/c1-3-6(9)7-4-5(2)8;1-2/h5,8H,3-4H2,1-2H3,(H,7,9);1-2H3. The van der Waals surface area contributed by atoms with Crippen molar-refractivity contribution in [1.82, 2.24) is 5.32 Å². The van der Waals surface area contributed by atoms with Crippen molar-refractivity contribution in [3.8, 4) is 0 Å². The summed E-state index contributed by atoms with van der Waals surface area (Å²) in [5.74, 6) is -0.0177. The van der Waals surface area contributed by atoms with Crippen LogP contribution in [0.1, 0.15) is 34.1 Å². The van der Waals surface area contributed by atoms with Gasteiger partial charge in [-0.05, 0) is 6.92 Å². The van der Waals surface area contributed by atoms with Crippen LogP contribution < -0.4 is 5.32 Å². The first-order valence-corrected chi connectivity index (χ1v) is 4.11. The average molecular weight is 161 g/mol. The Bertz CT molecular complexity index is 92.1. The third-order valence-electron chi connectivity index (χ3n) is 0.916. The first-order valence-electron chi connectivity index (χ1n) is 4.11. The molecule has 1 amide bonds. The van der Waals surface area contributed by atoms with E-state index in [9.17, 15) is 4.79 Å². The van der Waals surface area contributed by atoms with E-state index in [0.717, 1.165) is 0 Å². The van der Waals surface area contributed by atoms with E-state index in [-0.39, 0.29) is 5.91 Å². The normalized spacial score (nSPS) is 11.0. The Morgan fingerprint density at radius 3 is 2.27 bits per heavy atom. The zero-order chi connectivity index (χ0) is 9.28. The van der Waals surface area contributed by atoms with Crippen LogP contribution in [0.4, 0.5) is 0 Å². The van der Waals surface area contributed by atoms with Gasteiger partial charge in [-0.2, -0.15) is 0 Å². The van der Waals surface area contributed by atoms with Crippen LogP contribution in [-0.2, 0) is 4.79 Å². The molecule has 68 valence electrons. The van der Waals surface area contributed by atoms with Crippen LogP contribution in [0.5, 0.6) is 0 Å². The summed E-state index contributed by atoms with van der Waals surface area (Å²) in [4.78, 5) is 10.5. The van der Waals surface area contributed by atoms with Crippen molar-refractivity contribution in [1.29, 1.82) is 0 Å². The average Bonchev–Trinajstić information content (AvgIpc) is 2.04. The van der Waals surface area contributed by atoms with Crippen molar-refractivity contribution in [3.63, 3.8) is 0 Å². The molecule has 2 N–H and O–H groups in total. The highest BCUT2D eigenvalue weighted by Gasteiger charge is 1.97. The van der Waals surface area contributed by atoms with E-state index in [1.807, 2.05) is 13.8 Å². The van der Waals surface area contributed by atoms with Crippen molar-refractivity contribution >= 4 is 5.91 Å². The molecular weight excluding hydrogens is 142 g/mol. The van der Waals surface area contributed by atoms with Crippen LogP contribution >= 0.6 is 0 Å². The van der Waals surface area contributed by atoms with E-state index in [1.165, 1.54) is 0 Å². The SMILES string of the molecule is CC.CCC(=O)NCC(C)O. The fraction of sp³-hybridized carbons (Fsp3) is 0.875. The summed E-state index contributed by atoms with van der Waals surface area (Å²) in [6.45, 7) is 7.76. The molecule has 1 atom stereocenters. The summed E-state index contributed by atoms with van der Waals surface area (Å²) in [6, 6.07) is 0. The molecule has 0 aromatic rings. The largest absolute Gasteiger partial charge is 0.392 e. The number of carbonyl (C=O) groups excluding carboxylic acids is 1. The number of rotatable bonds is 3. The molecule has 0 fully saturated rings. The minimum atomic E-state index is -0.444. The lowest BCUT2D eigenvalue weighted by Gasteiger charge is -2.04. The summed E-state index contributed by atoms with van der Waals surface area (Å²) in [6.07, 6.45) is 0.0349. The molecule has 0 spiro atoms. The van der Waals surface area contributed by atoms with Gasteiger partial charge in [-0.25, -0.2) is 0 Å². The molecule has 0 saturated carbocycles. The number of nitrogens with one attached hydrogen (secondary N) is 1. The number of aliphatic hydroxyl groups excluding tert-OH is 1. The molecule has 0 rings (SSSR count). The first-order chi connectivity index (χ1) is 5.16. The zero-order valence-corrected chi connectivity index (χ0v) is 7.85. The van der Waals surface area contributed by atoms with Gasteiger partial charge in [-0.3, -0.25) is 4.79 Å². The molecule has 0 heterocycles. The summed E-state index contributed by atoms with van der Waals surface area (Å²) in [7, 11) is 0.